The van der Waals surface area contributed by atoms with Gasteiger partial charge >= 0.3 is 29.7 Å². The van der Waals surface area contributed by atoms with Crippen LogP contribution in [0.5, 0.6) is 23.0 Å². The second-order valence-electron chi connectivity index (χ2n) is 21.9. The highest BCUT2D eigenvalue weighted by Gasteiger charge is 2.53. The van der Waals surface area contributed by atoms with Gasteiger partial charge in [-0.15, -0.1) is 0 Å². The number of rotatable bonds is 12. The van der Waals surface area contributed by atoms with Gasteiger partial charge in [0, 0.05) is 68.2 Å². The van der Waals surface area contributed by atoms with Crippen molar-refractivity contribution in [2.24, 2.45) is 28.8 Å². The molecule has 5 aromatic carbocycles. The standard InChI is InChI=1S/C65H71N3O19/c1-33-21-20-22-34(2)60(76)67-49-43(31-66-68(9)61-58(86-64(79)42-27-18-13-19-28-42)57(85-63(78)41-25-16-12-17-26-41)45(84-61)32-81-62(77)40-23-14-11-15-24-40)53(73)46-47(54(49)74)52(72)38(6)56-48(46)59(75)65(8,87-56)82-30-29-44(80-10)35(3)55(83-39(7)69)37(5)51(71)36(4)50(33)70/h11-31,33,35-37,44-45,50-51,55,57-58,61,70-74H,32H2,1-10H3,(H,67,76). The molecule has 1 amide bonds. The van der Waals surface area contributed by atoms with E-state index in [0.717, 1.165) is 17.5 Å². The molecule has 0 radical (unpaired) electrons. The first kappa shape index (κ1) is 63.9. The molecule has 13 unspecified atom stereocenters. The first-order valence-electron chi connectivity index (χ1n) is 28.1. The Balaban J connectivity index is 1.26. The minimum Gasteiger partial charge on any atom is -0.507 e. The zero-order valence-electron chi connectivity index (χ0n) is 49.6. The number of likely N-dealkylation sites (N-methyl/N-ethyl adjacent to an activating group) is 1. The van der Waals surface area contributed by atoms with E-state index in [0.29, 0.717) is 0 Å². The number of benzene rings is 5. The molecular formula is C65H71N3O19. The lowest BCUT2D eigenvalue weighted by atomic mass is 9.78. The van der Waals surface area contributed by atoms with Crippen LogP contribution >= 0.6 is 0 Å². The van der Waals surface area contributed by atoms with Crippen molar-refractivity contribution in [1.82, 2.24) is 5.01 Å². The number of fused-ring (bicyclic) bond motifs is 14. The van der Waals surface area contributed by atoms with Crippen LogP contribution in [0.25, 0.3) is 10.8 Å². The third-order valence-electron chi connectivity index (χ3n) is 15.9. The maximum atomic E-state index is 14.9. The summed E-state index contributed by atoms with van der Waals surface area (Å²) in [6.45, 7) is 11.5. The molecule has 0 aromatic heterocycles. The molecule has 460 valence electrons. The molecule has 87 heavy (non-hydrogen) atoms. The van der Waals surface area contributed by atoms with Gasteiger partial charge in [0.05, 0.1) is 69.7 Å². The molecule has 4 aliphatic rings. The molecule has 1 fully saturated rings. The molecular weight excluding hydrogens is 1130 g/mol. The number of methoxy groups -OCH3 is 1. The van der Waals surface area contributed by atoms with Crippen LogP contribution in [0.15, 0.2) is 132 Å². The van der Waals surface area contributed by atoms with Gasteiger partial charge in [0.1, 0.15) is 36.1 Å². The molecule has 22 nitrogen and oxygen atoms in total. The van der Waals surface area contributed by atoms with Crippen LogP contribution in [0.1, 0.15) is 101 Å². The molecule has 0 aliphatic carbocycles. The summed E-state index contributed by atoms with van der Waals surface area (Å²) in [7, 11) is 2.76. The molecule has 22 heteroatoms. The SMILES string of the molecule is COC1C=COC2(C)Oc3c(C)c(O)c4c(O)c(c(C=NN(C)C5OC(COC(=O)c6ccccc6)C(OC(=O)c6ccccc6)C5OC(=O)c5ccccc5)c(O)c4c3C2=O)NC(=O)C(C)=CC=CC(C)C(O)C(C)C(O)C(C)C(OC(C)=O)C1C. The summed E-state index contributed by atoms with van der Waals surface area (Å²) >= 11 is 0. The van der Waals surface area contributed by atoms with E-state index in [4.69, 9.17) is 37.9 Å². The van der Waals surface area contributed by atoms with Crippen LogP contribution in [0.4, 0.5) is 5.69 Å². The van der Waals surface area contributed by atoms with Gasteiger partial charge in [0.25, 0.3) is 11.7 Å². The molecule has 6 N–H and O–H groups in total. The Morgan fingerprint density at radius 1 is 0.724 bits per heavy atom. The molecule has 5 bridgehead atoms. The fourth-order valence-electron chi connectivity index (χ4n) is 10.8. The summed E-state index contributed by atoms with van der Waals surface area (Å²) in [5.74, 6) is -12.6. The quantitative estimate of drug-likeness (QED) is 0.0172. The van der Waals surface area contributed by atoms with Crippen LogP contribution in [0, 0.1) is 30.6 Å². The number of amides is 1. The van der Waals surface area contributed by atoms with Crippen LogP contribution in [-0.4, -0.2) is 148 Å². The van der Waals surface area contributed by atoms with E-state index in [1.165, 1.54) is 96.5 Å². The summed E-state index contributed by atoms with van der Waals surface area (Å²) in [4.78, 5) is 83.1. The van der Waals surface area contributed by atoms with Gasteiger partial charge in [-0.05, 0) is 56.3 Å². The number of ether oxygens (including phenoxy) is 8. The van der Waals surface area contributed by atoms with Crippen molar-refractivity contribution in [3.8, 4) is 23.0 Å². The Morgan fingerprint density at radius 3 is 1.87 bits per heavy atom. The number of ketones is 1. The van der Waals surface area contributed by atoms with E-state index in [-0.39, 0.29) is 39.1 Å². The highest BCUT2D eigenvalue weighted by Crippen LogP contribution is 2.55. The van der Waals surface area contributed by atoms with Gasteiger partial charge in [-0.25, -0.2) is 14.4 Å². The van der Waals surface area contributed by atoms with Gasteiger partial charge in [0.2, 0.25) is 0 Å². The fraction of sp³-hybridized carbons (Fsp3) is 0.369. The largest absolute Gasteiger partial charge is 0.507 e. The average Bonchev–Trinajstić information content (AvgIpc) is 1.71. The molecule has 5 aromatic rings. The Bertz CT molecular complexity index is 3520. The molecule has 4 heterocycles. The molecule has 13 atom stereocenters. The number of aliphatic hydroxyl groups excluding tert-OH is 2. The smallest absolute Gasteiger partial charge is 0.338 e. The van der Waals surface area contributed by atoms with Crippen LogP contribution in [0.3, 0.4) is 0 Å². The number of hydrazone groups is 1. The Morgan fingerprint density at radius 2 is 1.30 bits per heavy atom. The lowest BCUT2D eigenvalue weighted by Gasteiger charge is -2.38. The van der Waals surface area contributed by atoms with E-state index < -0.39 is 160 Å². The van der Waals surface area contributed by atoms with E-state index in [1.807, 2.05) is 0 Å². The Kier molecular flexibility index (Phi) is 19.9. The number of esters is 4. The van der Waals surface area contributed by atoms with Crippen molar-refractivity contribution in [2.45, 2.75) is 110 Å². The third-order valence-corrected chi connectivity index (χ3v) is 15.9. The van der Waals surface area contributed by atoms with Crippen LogP contribution in [-0.2, 0) is 42.7 Å². The number of anilines is 1. The second-order valence-corrected chi connectivity index (χ2v) is 21.9. The number of hydrogen-bond donors (Lipinski definition) is 6. The maximum absolute atomic E-state index is 14.9. The van der Waals surface area contributed by atoms with Crippen LogP contribution < -0.4 is 10.1 Å². The summed E-state index contributed by atoms with van der Waals surface area (Å²) in [6, 6.07) is 23.9. The maximum Gasteiger partial charge on any atom is 0.338 e. The number of carbonyl (C=O) groups excluding carboxylic acids is 6. The minimum atomic E-state index is -2.22. The predicted octanol–water partition coefficient (Wildman–Crippen LogP) is 8.05. The summed E-state index contributed by atoms with van der Waals surface area (Å²) in [5.41, 5.74) is -0.974. The molecule has 0 saturated carbocycles. The van der Waals surface area contributed by atoms with Crippen molar-refractivity contribution >= 4 is 58.2 Å². The number of nitrogens with one attached hydrogen (secondary N) is 1. The number of aromatic hydroxyl groups is 3. The molecule has 1 saturated heterocycles. The zero-order valence-corrected chi connectivity index (χ0v) is 49.6. The first-order valence-corrected chi connectivity index (χ1v) is 28.1. The van der Waals surface area contributed by atoms with Gasteiger partial charge in [0.15, 0.2) is 24.2 Å². The highest BCUT2D eigenvalue weighted by atomic mass is 16.7. The Labute approximate surface area is 502 Å². The van der Waals surface area contributed by atoms with Gasteiger partial charge in [-0.2, -0.15) is 5.10 Å². The highest BCUT2D eigenvalue weighted by molar-refractivity contribution is 6.24. The topological polar surface area (TPSA) is 305 Å². The number of aliphatic hydroxyl groups is 2. The van der Waals surface area contributed by atoms with Crippen molar-refractivity contribution < 1.29 is 92.2 Å². The zero-order chi connectivity index (χ0) is 63.2. The van der Waals surface area contributed by atoms with E-state index in [2.05, 4.69) is 10.4 Å². The van der Waals surface area contributed by atoms with Gasteiger partial charge in [-0.3, -0.25) is 19.4 Å². The lowest BCUT2D eigenvalue weighted by Crippen LogP contribution is -2.46. The number of allylic oxidation sites excluding steroid dienone is 2. The molecule has 9 rings (SSSR count). The van der Waals surface area contributed by atoms with E-state index >= 15 is 0 Å². The number of carbonyl (C=O) groups is 6. The summed E-state index contributed by atoms with van der Waals surface area (Å²) in [5, 5.41) is 67.7. The van der Waals surface area contributed by atoms with Gasteiger partial charge < -0.3 is 68.7 Å². The fourth-order valence-corrected chi connectivity index (χ4v) is 10.8. The molecule has 0 spiro atoms. The van der Waals surface area contributed by atoms with Crippen LogP contribution in [0.2, 0.25) is 0 Å². The van der Waals surface area contributed by atoms with Crippen molar-refractivity contribution in [3.63, 3.8) is 0 Å². The average molecular weight is 1200 g/mol. The monoisotopic (exact) mass is 1200 g/mol. The summed E-state index contributed by atoms with van der Waals surface area (Å²) < 4.78 is 48.3. The van der Waals surface area contributed by atoms with Gasteiger partial charge in [-0.1, -0.05) is 101 Å². The van der Waals surface area contributed by atoms with Crippen molar-refractivity contribution in [3.05, 3.63) is 161 Å². The second kappa shape index (κ2) is 27.1. The van der Waals surface area contributed by atoms with Crippen molar-refractivity contribution in [2.75, 3.05) is 26.1 Å². The number of phenolic OH excluding ortho intramolecular Hbond substituents is 3. The number of phenols is 3. The first-order chi connectivity index (χ1) is 41.4. The number of Topliss-reactive ketones (excluding diaryl/α,β-unsaturated/α-hetero) is 1. The normalized spacial score (nSPS) is 26.8. The van der Waals surface area contributed by atoms with E-state index in [9.17, 15) is 54.3 Å². The van der Waals surface area contributed by atoms with E-state index in [1.54, 1.807) is 88.4 Å². The summed E-state index contributed by atoms with van der Waals surface area (Å²) in [6.07, 6.45) is -2.10. The third kappa shape index (κ3) is 13.5. The lowest BCUT2D eigenvalue weighted by molar-refractivity contribution is -0.160. The Hall–Kier alpha value is -9.09. The number of nitrogens with zero attached hydrogens (tertiary/aromatic N) is 2. The predicted molar refractivity (Wildman–Crippen MR) is 316 cm³/mol. The molecule has 4 aliphatic heterocycles. The number of hydrogen-bond acceptors (Lipinski definition) is 21. The minimum absolute atomic E-state index is 0.0189. The van der Waals surface area contributed by atoms with Crippen molar-refractivity contribution in [1.29, 1.82) is 0 Å².